The van der Waals surface area contributed by atoms with Gasteiger partial charge in [-0.3, -0.25) is 4.99 Å². The van der Waals surface area contributed by atoms with Gasteiger partial charge in [-0.15, -0.1) is 0 Å². The molecule has 1 N–H and O–H groups in total. The fraction of sp³-hybridized carbons (Fsp3) is 0.917. The molecule has 0 spiro atoms. The van der Waals surface area contributed by atoms with Gasteiger partial charge < -0.3 is 10.1 Å². The van der Waals surface area contributed by atoms with Gasteiger partial charge in [0.2, 0.25) is 0 Å². The van der Waals surface area contributed by atoms with Gasteiger partial charge in [-0.05, 0) is 32.1 Å². The molecule has 3 heteroatoms. The molecule has 1 aliphatic carbocycles. The highest BCUT2D eigenvalue weighted by atomic mass is 16.5. The number of rotatable bonds is 3. The zero-order valence-corrected chi connectivity index (χ0v) is 9.72. The first kappa shape index (κ1) is 10.9. The van der Waals surface area contributed by atoms with Crippen LogP contribution < -0.4 is 5.32 Å². The molecule has 0 aromatic rings. The summed E-state index contributed by atoms with van der Waals surface area (Å²) in [6.45, 7) is 1.95. The van der Waals surface area contributed by atoms with Gasteiger partial charge in [-0.25, -0.2) is 0 Å². The number of amidine groups is 1. The molecule has 1 fully saturated rings. The van der Waals surface area contributed by atoms with Crippen LogP contribution in [0.15, 0.2) is 4.99 Å². The van der Waals surface area contributed by atoms with E-state index in [1.807, 2.05) is 7.11 Å². The molecule has 0 radical (unpaired) electrons. The summed E-state index contributed by atoms with van der Waals surface area (Å²) in [7, 11) is 1.83. The first-order chi connectivity index (χ1) is 7.35. The van der Waals surface area contributed by atoms with Crippen molar-refractivity contribution in [2.45, 2.75) is 50.5 Å². The molecule has 86 valence electrons. The van der Waals surface area contributed by atoms with Gasteiger partial charge in [-0.2, -0.15) is 0 Å². The van der Waals surface area contributed by atoms with E-state index in [1.165, 1.54) is 44.4 Å². The van der Waals surface area contributed by atoms with Crippen LogP contribution in [0, 0.1) is 0 Å². The first-order valence-corrected chi connectivity index (χ1v) is 6.17. The lowest BCUT2D eigenvalue weighted by molar-refractivity contribution is -0.0665. The Bertz CT molecular complexity index is 228. The lowest BCUT2D eigenvalue weighted by atomic mass is 9.80. The predicted octanol–water partition coefficient (Wildman–Crippen LogP) is 2.12. The largest absolute Gasteiger partial charge is 0.376 e. The van der Waals surface area contributed by atoms with E-state index in [2.05, 4.69) is 10.3 Å². The molecule has 0 atom stereocenters. The van der Waals surface area contributed by atoms with Crippen LogP contribution in [-0.2, 0) is 4.74 Å². The van der Waals surface area contributed by atoms with Crippen LogP contribution in [-0.4, -0.2) is 31.6 Å². The zero-order valence-electron chi connectivity index (χ0n) is 9.72. The average Bonchev–Trinajstić information content (AvgIpc) is 2.45. The van der Waals surface area contributed by atoms with Crippen molar-refractivity contribution < 1.29 is 4.74 Å². The third-order valence-electron chi connectivity index (χ3n) is 3.69. The van der Waals surface area contributed by atoms with E-state index in [0.29, 0.717) is 0 Å². The Balaban J connectivity index is 1.78. The maximum Gasteiger partial charge on any atom is 0.0964 e. The molecule has 1 saturated carbocycles. The molecule has 0 unspecified atom stereocenters. The van der Waals surface area contributed by atoms with Crippen molar-refractivity contribution in [1.29, 1.82) is 0 Å². The van der Waals surface area contributed by atoms with Crippen molar-refractivity contribution in [1.82, 2.24) is 5.32 Å². The van der Waals surface area contributed by atoms with Crippen molar-refractivity contribution >= 4 is 5.84 Å². The summed E-state index contributed by atoms with van der Waals surface area (Å²) < 4.78 is 5.58. The second-order valence-electron chi connectivity index (χ2n) is 4.73. The Hall–Kier alpha value is -0.570. The topological polar surface area (TPSA) is 33.6 Å². The van der Waals surface area contributed by atoms with E-state index in [0.717, 1.165) is 19.5 Å². The number of hydrogen-bond donors (Lipinski definition) is 1. The molecule has 1 aliphatic heterocycles. The normalized spacial score (nSPS) is 25.0. The highest BCUT2D eigenvalue weighted by Crippen LogP contribution is 2.34. The standard InChI is InChI=1S/C12H22N2O/c1-15-12(7-5-8-12)10-14-11-6-3-2-4-9-13-11/h2-10H2,1H3,(H,13,14). The summed E-state index contributed by atoms with van der Waals surface area (Å²) >= 11 is 0. The molecular weight excluding hydrogens is 188 g/mol. The highest BCUT2D eigenvalue weighted by Gasteiger charge is 2.36. The van der Waals surface area contributed by atoms with Crippen LogP contribution in [0.5, 0.6) is 0 Å². The summed E-state index contributed by atoms with van der Waals surface area (Å²) in [5, 5.41) is 3.48. The molecule has 2 rings (SSSR count). The lowest BCUT2D eigenvalue weighted by Crippen LogP contribution is -2.49. The Morgan fingerprint density at radius 3 is 2.80 bits per heavy atom. The molecule has 0 bridgehead atoms. The van der Waals surface area contributed by atoms with Gasteiger partial charge in [0.15, 0.2) is 0 Å². The van der Waals surface area contributed by atoms with Gasteiger partial charge in [0.25, 0.3) is 0 Å². The van der Waals surface area contributed by atoms with E-state index >= 15 is 0 Å². The Morgan fingerprint density at radius 1 is 1.27 bits per heavy atom. The van der Waals surface area contributed by atoms with Gasteiger partial charge in [0, 0.05) is 26.6 Å². The van der Waals surface area contributed by atoms with Gasteiger partial charge in [0.05, 0.1) is 11.4 Å². The molecular formula is C12H22N2O. The summed E-state index contributed by atoms with van der Waals surface area (Å²) in [5.74, 6) is 1.20. The fourth-order valence-corrected chi connectivity index (χ4v) is 2.31. The SMILES string of the molecule is COC1(CNC2=NCCCCC2)CCC1. The zero-order chi connectivity index (χ0) is 10.6. The number of ether oxygens (including phenoxy) is 1. The van der Waals surface area contributed by atoms with Crippen molar-refractivity contribution in [3.05, 3.63) is 0 Å². The third-order valence-corrected chi connectivity index (χ3v) is 3.69. The van der Waals surface area contributed by atoms with E-state index < -0.39 is 0 Å². The second-order valence-corrected chi connectivity index (χ2v) is 4.73. The second kappa shape index (κ2) is 4.97. The number of nitrogens with one attached hydrogen (secondary N) is 1. The number of hydrogen-bond acceptors (Lipinski definition) is 3. The first-order valence-electron chi connectivity index (χ1n) is 6.17. The van der Waals surface area contributed by atoms with Crippen LogP contribution in [0.3, 0.4) is 0 Å². The van der Waals surface area contributed by atoms with Crippen LogP contribution in [0.4, 0.5) is 0 Å². The number of methoxy groups -OCH3 is 1. The molecule has 0 saturated heterocycles. The van der Waals surface area contributed by atoms with Gasteiger partial charge in [0.1, 0.15) is 0 Å². The minimum atomic E-state index is 0.120. The van der Waals surface area contributed by atoms with Crippen LogP contribution in [0.1, 0.15) is 44.9 Å². The van der Waals surface area contributed by atoms with Crippen LogP contribution in [0.25, 0.3) is 0 Å². The maximum absolute atomic E-state index is 5.58. The Kier molecular flexibility index (Phi) is 3.62. The van der Waals surface area contributed by atoms with Gasteiger partial charge >= 0.3 is 0 Å². The van der Waals surface area contributed by atoms with E-state index in [9.17, 15) is 0 Å². The van der Waals surface area contributed by atoms with Crippen LogP contribution >= 0.6 is 0 Å². The molecule has 3 nitrogen and oxygen atoms in total. The smallest absolute Gasteiger partial charge is 0.0964 e. The van der Waals surface area contributed by atoms with E-state index in [4.69, 9.17) is 4.74 Å². The summed E-state index contributed by atoms with van der Waals surface area (Å²) in [4.78, 5) is 4.57. The molecule has 15 heavy (non-hydrogen) atoms. The quantitative estimate of drug-likeness (QED) is 0.774. The van der Waals surface area contributed by atoms with E-state index in [1.54, 1.807) is 0 Å². The van der Waals surface area contributed by atoms with Crippen molar-refractivity contribution in [3.63, 3.8) is 0 Å². The van der Waals surface area contributed by atoms with Gasteiger partial charge in [-0.1, -0.05) is 6.42 Å². The Labute approximate surface area is 92.3 Å². The summed E-state index contributed by atoms with van der Waals surface area (Å²) in [6.07, 6.45) is 8.69. The Morgan fingerprint density at radius 2 is 2.13 bits per heavy atom. The lowest BCUT2D eigenvalue weighted by Gasteiger charge is -2.40. The fourth-order valence-electron chi connectivity index (χ4n) is 2.31. The van der Waals surface area contributed by atoms with Crippen LogP contribution in [0.2, 0.25) is 0 Å². The summed E-state index contributed by atoms with van der Waals surface area (Å²) in [5.41, 5.74) is 0.120. The molecule has 2 aliphatic rings. The minimum Gasteiger partial charge on any atom is -0.376 e. The third kappa shape index (κ3) is 2.71. The predicted molar refractivity (Wildman–Crippen MR) is 62.4 cm³/mol. The minimum absolute atomic E-state index is 0.120. The molecule has 1 heterocycles. The monoisotopic (exact) mass is 210 g/mol. The van der Waals surface area contributed by atoms with Crippen molar-refractivity contribution in [2.75, 3.05) is 20.2 Å². The number of aliphatic imine (C=N–C) groups is 1. The average molecular weight is 210 g/mol. The van der Waals surface area contributed by atoms with Crippen molar-refractivity contribution in [2.24, 2.45) is 4.99 Å². The summed E-state index contributed by atoms with van der Waals surface area (Å²) in [6, 6.07) is 0. The molecule has 0 amide bonds. The van der Waals surface area contributed by atoms with E-state index in [-0.39, 0.29) is 5.60 Å². The molecule has 0 aromatic heterocycles. The van der Waals surface area contributed by atoms with Crippen molar-refractivity contribution in [3.8, 4) is 0 Å². The number of nitrogens with zero attached hydrogens (tertiary/aromatic N) is 1. The highest BCUT2D eigenvalue weighted by molar-refractivity contribution is 5.82. The maximum atomic E-state index is 5.58. The molecule has 0 aromatic carbocycles.